The smallest absolute Gasteiger partial charge is 0.316 e. The number of non-ortho nitro benzene ring substituents is 1. The summed E-state index contributed by atoms with van der Waals surface area (Å²) in [5, 5.41) is 19.1. The summed E-state index contributed by atoms with van der Waals surface area (Å²) in [6, 6.07) is 13.5. The van der Waals surface area contributed by atoms with E-state index in [4.69, 9.17) is 9.15 Å². The molecule has 0 bridgehead atoms. The summed E-state index contributed by atoms with van der Waals surface area (Å²) >= 11 is 0. The van der Waals surface area contributed by atoms with E-state index in [2.05, 4.69) is 10.2 Å². The van der Waals surface area contributed by atoms with Crippen LogP contribution in [0.1, 0.15) is 30.9 Å². The van der Waals surface area contributed by atoms with Gasteiger partial charge in [-0.2, -0.15) is 0 Å². The molecule has 0 spiro atoms. The van der Waals surface area contributed by atoms with Crippen molar-refractivity contribution < 1.29 is 18.9 Å². The lowest BCUT2D eigenvalue weighted by atomic mass is 9.79. The van der Waals surface area contributed by atoms with Gasteiger partial charge in [0.15, 0.2) is 0 Å². The van der Waals surface area contributed by atoms with E-state index in [1.807, 2.05) is 31.2 Å². The van der Waals surface area contributed by atoms with Crippen LogP contribution in [-0.2, 0) is 21.4 Å². The van der Waals surface area contributed by atoms with Gasteiger partial charge < -0.3 is 9.15 Å². The van der Waals surface area contributed by atoms with E-state index in [1.54, 1.807) is 26.0 Å². The second kappa shape index (κ2) is 8.22. The van der Waals surface area contributed by atoms with Crippen LogP contribution in [0, 0.1) is 17.0 Å². The summed E-state index contributed by atoms with van der Waals surface area (Å²) < 4.78 is 11.0. The van der Waals surface area contributed by atoms with Gasteiger partial charge in [-0.25, -0.2) is 0 Å². The molecule has 1 unspecified atom stereocenters. The quantitative estimate of drug-likeness (QED) is 0.338. The van der Waals surface area contributed by atoms with Gasteiger partial charge in [0.1, 0.15) is 0 Å². The molecule has 1 aromatic heterocycles. The van der Waals surface area contributed by atoms with E-state index in [0.29, 0.717) is 11.5 Å². The third kappa shape index (κ3) is 4.31. The third-order valence-electron chi connectivity index (χ3n) is 4.71. The Morgan fingerprint density at radius 1 is 1.14 bits per heavy atom. The zero-order valence-electron chi connectivity index (χ0n) is 16.4. The summed E-state index contributed by atoms with van der Waals surface area (Å²) in [5.41, 5.74) is 1.27. The molecule has 0 saturated carbocycles. The average molecular weight is 395 g/mol. The number of nitro groups is 1. The van der Waals surface area contributed by atoms with Crippen LogP contribution in [0.2, 0.25) is 0 Å². The maximum atomic E-state index is 12.8. The molecule has 0 aliphatic rings. The molecule has 8 nitrogen and oxygen atoms in total. The first-order valence-corrected chi connectivity index (χ1v) is 9.15. The summed E-state index contributed by atoms with van der Waals surface area (Å²) in [6.45, 7) is 5.61. The molecule has 150 valence electrons. The highest BCUT2D eigenvalue weighted by molar-refractivity contribution is 5.83. The highest BCUT2D eigenvalue weighted by atomic mass is 16.6. The van der Waals surface area contributed by atoms with Crippen LogP contribution >= 0.6 is 0 Å². The minimum absolute atomic E-state index is 0.0561. The lowest BCUT2D eigenvalue weighted by Gasteiger charge is -2.26. The standard InChI is InChI=1S/C21H21N3O5/c1-4-28-20(25)21(3,16-9-11-17(12-10-16)24(26)27)13-18-22-23-19(29-18)15-7-5-14(2)6-8-15/h5-12H,4,13H2,1-3H3. The van der Waals surface area contributed by atoms with Crippen molar-refractivity contribution in [3.63, 3.8) is 0 Å². The fraction of sp³-hybridized carbons (Fsp3) is 0.286. The summed E-state index contributed by atoms with van der Waals surface area (Å²) in [5.74, 6) is 0.160. The molecule has 3 aromatic rings. The summed E-state index contributed by atoms with van der Waals surface area (Å²) in [4.78, 5) is 23.2. The maximum Gasteiger partial charge on any atom is 0.316 e. The Kier molecular flexibility index (Phi) is 5.72. The Bertz CT molecular complexity index is 1010. The highest BCUT2D eigenvalue weighted by Gasteiger charge is 2.39. The first kappa shape index (κ1) is 20.2. The number of aromatic nitrogens is 2. The van der Waals surface area contributed by atoms with Gasteiger partial charge in [0.2, 0.25) is 11.8 Å². The molecule has 0 N–H and O–H groups in total. The van der Waals surface area contributed by atoms with Crippen LogP contribution in [0.5, 0.6) is 0 Å². The highest BCUT2D eigenvalue weighted by Crippen LogP contribution is 2.32. The first-order chi connectivity index (χ1) is 13.8. The molecule has 2 aromatic carbocycles. The van der Waals surface area contributed by atoms with E-state index < -0.39 is 16.3 Å². The van der Waals surface area contributed by atoms with E-state index in [9.17, 15) is 14.9 Å². The van der Waals surface area contributed by atoms with Crippen molar-refractivity contribution in [2.24, 2.45) is 0 Å². The number of nitrogens with zero attached hydrogens (tertiary/aromatic N) is 3. The molecule has 0 saturated heterocycles. The number of nitro benzene ring substituents is 1. The second-order valence-electron chi connectivity index (χ2n) is 6.90. The van der Waals surface area contributed by atoms with Gasteiger partial charge in [-0.05, 0) is 38.5 Å². The first-order valence-electron chi connectivity index (χ1n) is 9.15. The van der Waals surface area contributed by atoms with Crippen molar-refractivity contribution in [2.45, 2.75) is 32.6 Å². The number of rotatable bonds is 7. The second-order valence-corrected chi connectivity index (χ2v) is 6.90. The van der Waals surface area contributed by atoms with E-state index in [-0.39, 0.29) is 24.6 Å². The van der Waals surface area contributed by atoms with Crippen LogP contribution in [0.15, 0.2) is 52.9 Å². The summed E-state index contributed by atoms with van der Waals surface area (Å²) in [7, 11) is 0. The molecule has 1 atom stereocenters. The third-order valence-corrected chi connectivity index (χ3v) is 4.71. The van der Waals surface area contributed by atoms with Crippen LogP contribution < -0.4 is 0 Å². The Morgan fingerprint density at radius 3 is 2.38 bits per heavy atom. The average Bonchev–Trinajstić information content (AvgIpc) is 3.17. The minimum Gasteiger partial charge on any atom is -0.465 e. The van der Waals surface area contributed by atoms with Gasteiger partial charge in [-0.1, -0.05) is 29.8 Å². The number of benzene rings is 2. The number of carbonyl (C=O) groups excluding carboxylic acids is 1. The molecule has 1 heterocycles. The lowest BCUT2D eigenvalue weighted by molar-refractivity contribution is -0.384. The Labute approximate surface area is 167 Å². The van der Waals surface area contributed by atoms with E-state index >= 15 is 0 Å². The SMILES string of the molecule is CCOC(=O)C(C)(Cc1nnc(-c2ccc(C)cc2)o1)c1ccc([N+](=O)[O-])cc1. The van der Waals surface area contributed by atoms with Gasteiger partial charge in [0.05, 0.1) is 16.9 Å². The monoisotopic (exact) mass is 395 g/mol. The zero-order valence-corrected chi connectivity index (χ0v) is 16.4. The number of hydrogen-bond donors (Lipinski definition) is 0. The Balaban J connectivity index is 1.92. The van der Waals surface area contributed by atoms with Gasteiger partial charge in [0, 0.05) is 24.1 Å². The predicted octanol–water partition coefficient (Wildman–Crippen LogP) is 4.02. The molecule has 0 aliphatic carbocycles. The largest absolute Gasteiger partial charge is 0.465 e. The summed E-state index contributed by atoms with van der Waals surface area (Å²) in [6.07, 6.45) is 0.0997. The van der Waals surface area contributed by atoms with E-state index in [0.717, 1.165) is 11.1 Å². The number of ether oxygens (including phenoxy) is 1. The van der Waals surface area contributed by atoms with Crippen molar-refractivity contribution in [3.8, 4) is 11.5 Å². The normalized spacial score (nSPS) is 12.9. The van der Waals surface area contributed by atoms with E-state index in [1.165, 1.54) is 12.1 Å². The molecular weight excluding hydrogens is 374 g/mol. The molecule has 29 heavy (non-hydrogen) atoms. The van der Waals surface area contributed by atoms with Crippen LogP contribution in [0.4, 0.5) is 5.69 Å². The molecule has 3 rings (SSSR count). The van der Waals surface area contributed by atoms with Crippen LogP contribution in [-0.4, -0.2) is 27.7 Å². The number of esters is 1. The minimum atomic E-state index is -1.14. The van der Waals surface area contributed by atoms with Crippen LogP contribution in [0.3, 0.4) is 0 Å². The van der Waals surface area contributed by atoms with Crippen molar-refractivity contribution in [1.29, 1.82) is 0 Å². The molecule has 0 fully saturated rings. The number of aryl methyl sites for hydroxylation is 1. The van der Waals surface area contributed by atoms with Crippen molar-refractivity contribution in [2.75, 3.05) is 6.61 Å². The molecule has 0 amide bonds. The molecule has 8 heteroatoms. The predicted molar refractivity (Wildman–Crippen MR) is 105 cm³/mol. The number of hydrogen-bond acceptors (Lipinski definition) is 7. The Hall–Kier alpha value is -3.55. The van der Waals surface area contributed by atoms with Crippen molar-refractivity contribution >= 4 is 11.7 Å². The Morgan fingerprint density at radius 2 is 1.79 bits per heavy atom. The fourth-order valence-electron chi connectivity index (χ4n) is 2.97. The van der Waals surface area contributed by atoms with Crippen molar-refractivity contribution in [3.05, 3.63) is 75.7 Å². The maximum absolute atomic E-state index is 12.8. The zero-order chi connectivity index (χ0) is 21.0. The van der Waals surface area contributed by atoms with Gasteiger partial charge in [-0.15, -0.1) is 10.2 Å². The van der Waals surface area contributed by atoms with Gasteiger partial charge >= 0.3 is 5.97 Å². The fourth-order valence-corrected chi connectivity index (χ4v) is 2.97. The number of carbonyl (C=O) groups is 1. The van der Waals surface area contributed by atoms with Gasteiger partial charge in [-0.3, -0.25) is 14.9 Å². The molecule has 0 radical (unpaired) electrons. The molecular formula is C21H21N3O5. The topological polar surface area (TPSA) is 108 Å². The van der Waals surface area contributed by atoms with Crippen molar-refractivity contribution in [1.82, 2.24) is 10.2 Å². The van der Waals surface area contributed by atoms with Crippen LogP contribution in [0.25, 0.3) is 11.5 Å². The molecule has 0 aliphatic heterocycles. The van der Waals surface area contributed by atoms with Gasteiger partial charge in [0.25, 0.3) is 5.69 Å². The lowest BCUT2D eigenvalue weighted by Crippen LogP contribution is -2.37.